The molecule has 0 saturated carbocycles. The van der Waals surface area contributed by atoms with E-state index in [1.165, 1.54) is 11.1 Å². The van der Waals surface area contributed by atoms with Gasteiger partial charge in [0.25, 0.3) is 0 Å². The van der Waals surface area contributed by atoms with Gasteiger partial charge < -0.3 is 0 Å². The van der Waals surface area contributed by atoms with E-state index in [-0.39, 0.29) is 10.8 Å². The molecule has 2 heteroatoms. The summed E-state index contributed by atoms with van der Waals surface area (Å²) in [5.74, 6) is 0. The maximum absolute atomic E-state index is 6.69. The quantitative estimate of drug-likeness (QED) is 0.524. The van der Waals surface area contributed by atoms with Gasteiger partial charge in [0.1, 0.15) is 0 Å². The molecule has 112 valence electrons. The van der Waals surface area contributed by atoms with Gasteiger partial charge in [-0.1, -0.05) is 73.1 Å². The molecular weight excluding hydrogens is 344 g/mol. The van der Waals surface area contributed by atoms with Gasteiger partial charge in [-0.05, 0) is 47.1 Å². The van der Waals surface area contributed by atoms with Crippen LogP contribution in [0.15, 0.2) is 46.9 Å². The van der Waals surface area contributed by atoms with E-state index < -0.39 is 0 Å². The molecule has 0 N–H and O–H groups in total. The second-order valence-corrected chi connectivity index (χ2v) is 7.47. The van der Waals surface area contributed by atoms with Crippen LogP contribution in [0.25, 0.3) is 0 Å². The van der Waals surface area contributed by atoms with Crippen molar-refractivity contribution >= 4 is 27.5 Å². The molecule has 0 heterocycles. The van der Waals surface area contributed by atoms with Crippen LogP contribution in [0.3, 0.4) is 0 Å². The number of halogens is 2. The van der Waals surface area contributed by atoms with Crippen LogP contribution in [0.4, 0.5) is 0 Å². The Balaban J connectivity index is 2.32. The van der Waals surface area contributed by atoms with Crippen molar-refractivity contribution in [3.8, 4) is 0 Å². The van der Waals surface area contributed by atoms with E-state index in [4.69, 9.17) is 11.6 Å². The zero-order chi connectivity index (χ0) is 15.6. The number of rotatable bonds is 4. The highest BCUT2D eigenvalue weighted by molar-refractivity contribution is 9.10. The normalized spacial score (nSPS) is 13.2. The molecule has 2 aromatic carbocycles. The average molecular weight is 366 g/mol. The first-order valence-electron chi connectivity index (χ1n) is 7.36. The molecule has 0 aliphatic rings. The Labute approximate surface area is 141 Å². The summed E-state index contributed by atoms with van der Waals surface area (Å²) in [7, 11) is 0. The minimum absolute atomic E-state index is 0.110. The van der Waals surface area contributed by atoms with Crippen LogP contribution in [-0.2, 0) is 5.41 Å². The van der Waals surface area contributed by atoms with Crippen LogP contribution in [-0.4, -0.2) is 0 Å². The zero-order valence-corrected chi connectivity index (χ0v) is 15.4. The molecule has 0 spiro atoms. The van der Waals surface area contributed by atoms with Crippen molar-refractivity contribution < 1.29 is 0 Å². The monoisotopic (exact) mass is 364 g/mol. The van der Waals surface area contributed by atoms with Crippen LogP contribution < -0.4 is 0 Å². The van der Waals surface area contributed by atoms with E-state index in [0.717, 1.165) is 22.0 Å². The van der Waals surface area contributed by atoms with Crippen molar-refractivity contribution in [1.29, 1.82) is 0 Å². The number of hydrogen-bond donors (Lipinski definition) is 0. The van der Waals surface area contributed by atoms with Gasteiger partial charge in [0.05, 0.1) is 5.38 Å². The van der Waals surface area contributed by atoms with E-state index in [2.05, 4.69) is 80.0 Å². The third kappa shape index (κ3) is 3.52. The lowest BCUT2D eigenvalue weighted by Gasteiger charge is -2.24. The van der Waals surface area contributed by atoms with Gasteiger partial charge in [-0.15, -0.1) is 11.6 Å². The SMILES string of the molecule is CCC(C)(C)c1ccc(C(Cl)c2cccc(Br)c2C)cc1. The maximum atomic E-state index is 6.69. The second kappa shape index (κ2) is 6.54. The Hall–Kier alpha value is -0.790. The standard InChI is InChI=1S/C19H22BrCl/c1-5-19(3,4)15-11-9-14(10-12-15)18(21)16-7-6-8-17(20)13(16)2/h6-12,18H,5H2,1-4H3. The summed E-state index contributed by atoms with van der Waals surface area (Å²) < 4.78 is 1.11. The zero-order valence-electron chi connectivity index (χ0n) is 13.1. The highest BCUT2D eigenvalue weighted by atomic mass is 79.9. The molecule has 1 atom stereocenters. The fraction of sp³-hybridized carbons (Fsp3) is 0.368. The molecule has 21 heavy (non-hydrogen) atoms. The summed E-state index contributed by atoms with van der Waals surface area (Å²) in [6, 6.07) is 14.9. The topological polar surface area (TPSA) is 0 Å². The van der Waals surface area contributed by atoms with E-state index in [1.807, 2.05) is 6.07 Å². The Morgan fingerprint density at radius 2 is 1.71 bits per heavy atom. The average Bonchev–Trinajstić information content (AvgIpc) is 2.49. The molecule has 0 nitrogen and oxygen atoms in total. The largest absolute Gasteiger partial charge is 0.113 e. The Kier molecular flexibility index (Phi) is 5.16. The number of alkyl halides is 1. The molecule has 0 aliphatic heterocycles. The van der Waals surface area contributed by atoms with Crippen LogP contribution in [0, 0.1) is 6.92 Å². The molecule has 0 amide bonds. The number of hydrogen-bond acceptors (Lipinski definition) is 0. The van der Waals surface area contributed by atoms with Crippen molar-refractivity contribution in [3.05, 3.63) is 69.2 Å². The van der Waals surface area contributed by atoms with Crippen LogP contribution in [0.1, 0.15) is 54.8 Å². The fourth-order valence-electron chi connectivity index (χ4n) is 2.39. The predicted octanol–water partition coefficient (Wildman–Crippen LogP) is 6.77. The molecular formula is C19H22BrCl. The lowest BCUT2D eigenvalue weighted by Crippen LogP contribution is -2.15. The molecule has 0 saturated heterocycles. The summed E-state index contributed by atoms with van der Waals surface area (Å²) in [4.78, 5) is 0. The molecule has 0 aromatic heterocycles. The third-order valence-corrected chi connectivity index (χ3v) is 5.80. The van der Waals surface area contributed by atoms with E-state index in [0.29, 0.717) is 0 Å². The van der Waals surface area contributed by atoms with Crippen LogP contribution in [0.2, 0.25) is 0 Å². The summed E-state index contributed by atoms with van der Waals surface area (Å²) in [6.45, 7) is 8.88. The van der Waals surface area contributed by atoms with Crippen molar-refractivity contribution in [2.75, 3.05) is 0 Å². The summed E-state index contributed by atoms with van der Waals surface area (Å²) >= 11 is 10.3. The van der Waals surface area contributed by atoms with Crippen LogP contribution >= 0.6 is 27.5 Å². The first kappa shape index (κ1) is 16.6. The predicted molar refractivity (Wildman–Crippen MR) is 96.3 cm³/mol. The minimum Gasteiger partial charge on any atom is -0.113 e. The Morgan fingerprint density at radius 1 is 1.10 bits per heavy atom. The molecule has 0 aliphatic carbocycles. The van der Waals surface area contributed by atoms with Gasteiger partial charge in [-0.3, -0.25) is 0 Å². The third-order valence-electron chi connectivity index (χ3n) is 4.45. The molecule has 1 unspecified atom stereocenters. The smallest absolute Gasteiger partial charge is 0.0838 e. The van der Waals surface area contributed by atoms with Gasteiger partial charge in [0, 0.05) is 4.47 Å². The molecule has 0 radical (unpaired) electrons. The first-order chi connectivity index (χ1) is 9.86. The highest BCUT2D eigenvalue weighted by Crippen LogP contribution is 2.35. The lowest BCUT2D eigenvalue weighted by molar-refractivity contribution is 0.506. The molecule has 0 bridgehead atoms. The van der Waals surface area contributed by atoms with E-state index >= 15 is 0 Å². The first-order valence-corrected chi connectivity index (χ1v) is 8.59. The van der Waals surface area contributed by atoms with Crippen molar-refractivity contribution in [2.24, 2.45) is 0 Å². The second-order valence-electron chi connectivity index (χ2n) is 6.18. The van der Waals surface area contributed by atoms with E-state index in [9.17, 15) is 0 Å². The van der Waals surface area contributed by atoms with Crippen LogP contribution in [0.5, 0.6) is 0 Å². The van der Waals surface area contributed by atoms with Gasteiger partial charge in [0.2, 0.25) is 0 Å². The van der Waals surface area contributed by atoms with E-state index in [1.54, 1.807) is 0 Å². The van der Waals surface area contributed by atoms with Gasteiger partial charge in [-0.25, -0.2) is 0 Å². The molecule has 2 aromatic rings. The van der Waals surface area contributed by atoms with Gasteiger partial charge in [0.15, 0.2) is 0 Å². The van der Waals surface area contributed by atoms with Crippen molar-refractivity contribution in [1.82, 2.24) is 0 Å². The van der Waals surface area contributed by atoms with Crippen molar-refractivity contribution in [3.63, 3.8) is 0 Å². The number of benzene rings is 2. The fourth-order valence-corrected chi connectivity index (χ4v) is 3.15. The van der Waals surface area contributed by atoms with Gasteiger partial charge in [-0.2, -0.15) is 0 Å². The lowest BCUT2D eigenvalue weighted by atomic mass is 9.82. The Bertz CT molecular complexity index is 614. The minimum atomic E-state index is -0.110. The molecule has 2 rings (SSSR count). The highest BCUT2D eigenvalue weighted by Gasteiger charge is 2.19. The molecule has 0 fully saturated rings. The Morgan fingerprint density at radius 3 is 2.29 bits per heavy atom. The van der Waals surface area contributed by atoms with Gasteiger partial charge >= 0.3 is 0 Å². The maximum Gasteiger partial charge on any atom is 0.0838 e. The summed E-state index contributed by atoms with van der Waals surface area (Å²) in [5, 5.41) is -0.110. The summed E-state index contributed by atoms with van der Waals surface area (Å²) in [6.07, 6.45) is 1.13. The summed E-state index contributed by atoms with van der Waals surface area (Å²) in [5.41, 5.74) is 5.09. The van der Waals surface area contributed by atoms with Crippen molar-refractivity contribution in [2.45, 2.75) is 44.9 Å².